The van der Waals surface area contributed by atoms with Gasteiger partial charge in [0.25, 0.3) is 0 Å². The average molecular weight is 257 g/mol. The Hall–Kier alpha value is -2.12. The molecule has 2 heterocycles. The normalized spacial score (nSPS) is 25.8. The second-order valence-corrected chi connectivity index (χ2v) is 4.06. The van der Waals surface area contributed by atoms with Gasteiger partial charge in [0.1, 0.15) is 12.1 Å². The highest BCUT2D eigenvalue weighted by Crippen LogP contribution is 2.05. The number of hydrogen-bond acceptors (Lipinski definition) is 4. The number of hydrogen-bond donors (Lipinski definition) is 4. The number of aliphatic carboxylic acids is 1. The zero-order chi connectivity index (χ0) is 13.7. The van der Waals surface area contributed by atoms with E-state index in [9.17, 15) is 19.2 Å². The molecule has 0 aromatic carbocycles. The molecule has 0 saturated carbocycles. The molecule has 0 aliphatic carbocycles. The number of nitrogens with two attached hydrogens (primary N) is 1. The highest BCUT2D eigenvalue weighted by atomic mass is 16.4. The summed E-state index contributed by atoms with van der Waals surface area (Å²) < 4.78 is 0. The van der Waals surface area contributed by atoms with Gasteiger partial charge in [-0.05, 0) is 12.8 Å². The van der Waals surface area contributed by atoms with Crippen LogP contribution in [0.15, 0.2) is 0 Å². The number of rotatable bonds is 2. The standard InChI is InChI=1S/C5H8N2O2.C5H7NO3/c6-5(9)3-1-2-4(8)7-3;7-4-2-1-3(6-4)5(8)9/h3H,1-2H2,(H2,6,9)(H,7,8);3H,1-2H2,(H,6,7)(H,8,9)/t2*3-/m00/s1. The van der Waals surface area contributed by atoms with Crippen LogP contribution in [0.4, 0.5) is 0 Å². The maximum absolute atomic E-state index is 10.4. The number of amides is 3. The summed E-state index contributed by atoms with van der Waals surface area (Å²) in [6.45, 7) is 0. The molecule has 100 valence electrons. The number of carboxylic acids is 1. The number of carbonyl (C=O) groups excluding carboxylic acids is 3. The first-order chi connectivity index (χ1) is 8.40. The molecule has 3 amide bonds. The topological polar surface area (TPSA) is 139 Å². The van der Waals surface area contributed by atoms with E-state index in [4.69, 9.17) is 10.8 Å². The SMILES string of the molecule is NC(=O)[C@@H]1CCC(=O)N1.O=C1CC[C@@H](C(=O)O)N1. The Kier molecular flexibility index (Phi) is 4.64. The number of primary amides is 1. The predicted molar refractivity (Wildman–Crippen MR) is 59.2 cm³/mol. The van der Waals surface area contributed by atoms with Crippen LogP contribution in [-0.2, 0) is 19.2 Å². The van der Waals surface area contributed by atoms with Gasteiger partial charge in [0.05, 0.1) is 0 Å². The van der Waals surface area contributed by atoms with E-state index in [1.165, 1.54) is 0 Å². The van der Waals surface area contributed by atoms with E-state index in [-0.39, 0.29) is 11.8 Å². The third-order valence-corrected chi connectivity index (χ3v) is 2.63. The Bertz CT molecular complexity index is 346. The molecule has 5 N–H and O–H groups in total. The zero-order valence-corrected chi connectivity index (χ0v) is 9.64. The van der Waals surface area contributed by atoms with Gasteiger partial charge >= 0.3 is 5.97 Å². The van der Waals surface area contributed by atoms with Gasteiger partial charge in [-0.15, -0.1) is 0 Å². The lowest BCUT2D eigenvalue weighted by atomic mass is 10.2. The number of carbonyl (C=O) groups is 4. The molecule has 0 aromatic rings. The molecular formula is C10H15N3O5. The monoisotopic (exact) mass is 257 g/mol. The van der Waals surface area contributed by atoms with E-state index >= 15 is 0 Å². The highest BCUT2D eigenvalue weighted by molar-refractivity contribution is 5.89. The fourth-order valence-electron chi connectivity index (χ4n) is 1.63. The fourth-order valence-corrected chi connectivity index (χ4v) is 1.63. The fraction of sp³-hybridized carbons (Fsp3) is 0.600. The summed E-state index contributed by atoms with van der Waals surface area (Å²) in [5.41, 5.74) is 4.91. The Morgan fingerprint density at radius 1 is 1.06 bits per heavy atom. The van der Waals surface area contributed by atoms with Crippen molar-refractivity contribution in [3.63, 3.8) is 0 Å². The van der Waals surface area contributed by atoms with E-state index in [2.05, 4.69) is 10.6 Å². The van der Waals surface area contributed by atoms with Crippen molar-refractivity contribution in [3.8, 4) is 0 Å². The summed E-state index contributed by atoms with van der Waals surface area (Å²) in [6, 6.07) is -1.06. The lowest BCUT2D eigenvalue weighted by Gasteiger charge is -2.01. The molecule has 2 saturated heterocycles. The smallest absolute Gasteiger partial charge is 0.326 e. The van der Waals surface area contributed by atoms with Crippen molar-refractivity contribution < 1.29 is 24.3 Å². The van der Waals surface area contributed by atoms with Gasteiger partial charge in [0.15, 0.2) is 0 Å². The molecule has 0 radical (unpaired) electrons. The first kappa shape index (κ1) is 13.9. The van der Waals surface area contributed by atoms with Crippen LogP contribution in [0.5, 0.6) is 0 Å². The molecule has 0 unspecified atom stereocenters. The maximum atomic E-state index is 10.4. The van der Waals surface area contributed by atoms with E-state index in [1.807, 2.05) is 0 Å². The molecule has 0 bridgehead atoms. The molecule has 8 nitrogen and oxygen atoms in total. The van der Waals surface area contributed by atoms with Crippen molar-refractivity contribution in [1.29, 1.82) is 0 Å². The molecule has 8 heteroatoms. The van der Waals surface area contributed by atoms with Crippen LogP contribution in [0, 0.1) is 0 Å². The molecule has 2 aliphatic heterocycles. The van der Waals surface area contributed by atoms with Gasteiger partial charge < -0.3 is 21.5 Å². The number of nitrogens with one attached hydrogen (secondary N) is 2. The summed E-state index contributed by atoms with van der Waals surface area (Å²) in [5.74, 6) is -1.64. The first-order valence-corrected chi connectivity index (χ1v) is 5.51. The van der Waals surface area contributed by atoms with Crippen molar-refractivity contribution in [2.75, 3.05) is 0 Å². The predicted octanol–water partition coefficient (Wildman–Crippen LogP) is -1.90. The first-order valence-electron chi connectivity index (χ1n) is 5.51. The van der Waals surface area contributed by atoms with Crippen LogP contribution < -0.4 is 16.4 Å². The van der Waals surface area contributed by atoms with E-state index in [0.29, 0.717) is 25.7 Å². The van der Waals surface area contributed by atoms with E-state index < -0.39 is 24.0 Å². The average Bonchev–Trinajstić information content (AvgIpc) is 2.88. The van der Waals surface area contributed by atoms with Crippen molar-refractivity contribution in [2.24, 2.45) is 5.73 Å². The molecular weight excluding hydrogens is 242 g/mol. The van der Waals surface area contributed by atoms with Crippen LogP contribution in [0.1, 0.15) is 25.7 Å². The Morgan fingerprint density at radius 3 is 1.67 bits per heavy atom. The van der Waals surface area contributed by atoms with Crippen LogP contribution in [0.2, 0.25) is 0 Å². The van der Waals surface area contributed by atoms with Crippen LogP contribution in [0.25, 0.3) is 0 Å². The minimum atomic E-state index is -0.944. The molecule has 0 spiro atoms. The Labute approximate surface area is 103 Å². The van der Waals surface area contributed by atoms with Gasteiger partial charge in [-0.1, -0.05) is 0 Å². The molecule has 18 heavy (non-hydrogen) atoms. The van der Waals surface area contributed by atoms with Crippen LogP contribution in [0.3, 0.4) is 0 Å². The largest absolute Gasteiger partial charge is 0.480 e. The van der Waals surface area contributed by atoms with E-state index in [0.717, 1.165) is 0 Å². The molecule has 2 fully saturated rings. The molecule has 0 aromatic heterocycles. The zero-order valence-electron chi connectivity index (χ0n) is 9.64. The molecule has 2 rings (SSSR count). The molecule has 2 aliphatic rings. The second kappa shape index (κ2) is 5.99. The second-order valence-electron chi connectivity index (χ2n) is 4.06. The van der Waals surface area contributed by atoms with Crippen molar-refractivity contribution in [2.45, 2.75) is 37.8 Å². The third-order valence-electron chi connectivity index (χ3n) is 2.63. The minimum absolute atomic E-state index is 0.0844. The summed E-state index contributed by atoms with van der Waals surface area (Å²) in [4.78, 5) is 41.3. The van der Waals surface area contributed by atoms with Gasteiger partial charge in [0, 0.05) is 12.8 Å². The van der Waals surface area contributed by atoms with Gasteiger partial charge in [-0.3, -0.25) is 14.4 Å². The van der Waals surface area contributed by atoms with Crippen molar-refractivity contribution in [3.05, 3.63) is 0 Å². The lowest BCUT2D eigenvalue weighted by molar-refractivity contribution is -0.140. The minimum Gasteiger partial charge on any atom is -0.480 e. The quantitative estimate of drug-likeness (QED) is 0.457. The van der Waals surface area contributed by atoms with Gasteiger partial charge in [-0.25, -0.2) is 4.79 Å². The Balaban J connectivity index is 0.000000180. The molecule has 2 atom stereocenters. The Morgan fingerprint density at radius 2 is 1.50 bits per heavy atom. The number of carboxylic acid groups (broad SMARTS) is 1. The summed E-state index contributed by atoms with van der Waals surface area (Å²) in [5, 5.41) is 13.1. The van der Waals surface area contributed by atoms with E-state index in [1.54, 1.807) is 0 Å². The third kappa shape index (κ3) is 4.04. The summed E-state index contributed by atoms with van der Waals surface area (Å²) in [6.07, 6.45) is 1.74. The van der Waals surface area contributed by atoms with Crippen LogP contribution >= 0.6 is 0 Å². The summed E-state index contributed by atoms with van der Waals surface area (Å²) >= 11 is 0. The highest BCUT2D eigenvalue weighted by Gasteiger charge is 2.26. The van der Waals surface area contributed by atoms with Crippen molar-refractivity contribution >= 4 is 23.7 Å². The van der Waals surface area contributed by atoms with Gasteiger partial charge in [0.2, 0.25) is 17.7 Å². The lowest BCUT2D eigenvalue weighted by Crippen LogP contribution is -2.37. The van der Waals surface area contributed by atoms with Gasteiger partial charge in [-0.2, -0.15) is 0 Å². The van der Waals surface area contributed by atoms with Crippen molar-refractivity contribution in [1.82, 2.24) is 10.6 Å². The van der Waals surface area contributed by atoms with Crippen LogP contribution in [-0.4, -0.2) is 40.9 Å². The summed E-state index contributed by atoms with van der Waals surface area (Å²) in [7, 11) is 0. The maximum Gasteiger partial charge on any atom is 0.326 e.